The van der Waals surface area contributed by atoms with Crippen molar-refractivity contribution in [1.82, 2.24) is 5.32 Å². The molecule has 0 saturated heterocycles. The minimum absolute atomic E-state index is 0.458. The Morgan fingerprint density at radius 3 is 2.15 bits per heavy atom. The van der Waals surface area contributed by atoms with Crippen LogP contribution >= 0.6 is 0 Å². The molecule has 1 aliphatic carbocycles. The summed E-state index contributed by atoms with van der Waals surface area (Å²) in [5.74, 6) is 2.35. The predicted octanol–water partition coefficient (Wildman–Crippen LogP) is 5.29. The van der Waals surface area contributed by atoms with E-state index in [1.54, 1.807) is 0 Å². The van der Waals surface area contributed by atoms with Crippen molar-refractivity contribution in [3.63, 3.8) is 0 Å². The summed E-state index contributed by atoms with van der Waals surface area (Å²) in [7, 11) is 0. The molecule has 20 heavy (non-hydrogen) atoms. The van der Waals surface area contributed by atoms with Crippen molar-refractivity contribution in [2.24, 2.45) is 11.8 Å². The lowest BCUT2D eigenvalue weighted by Crippen LogP contribution is -2.34. The van der Waals surface area contributed by atoms with Crippen LogP contribution in [0.2, 0.25) is 0 Å². The van der Waals surface area contributed by atoms with Gasteiger partial charge in [0.1, 0.15) is 0 Å². The van der Waals surface area contributed by atoms with Crippen LogP contribution < -0.4 is 5.32 Å². The first-order chi connectivity index (χ1) is 9.52. The quantitative estimate of drug-likeness (QED) is 0.769. The van der Waals surface area contributed by atoms with E-state index in [9.17, 15) is 0 Å². The highest BCUT2D eigenvalue weighted by Gasteiger charge is 2.32. The Labute approximate surface area is 125 Å². The minimum atomic E-state index is 0.458. The van der Waals surface area contributed by atoms with Crippen molar-refractivity contribution >= 4 is 0 Å². The van der Waals surface area contributed by atoms with Gasteiger partial charge in [0.25, 0.3) is 0 Å². The largest absolute Gasteiger partial charge is 0.307 e. The Morgan fingerprint density at radius 2 is 1.65 bits per heavy atom. The SMILES string of the molecule is CCC1CCC(NC(C)c2ccc(C(C)C)cc2)C1C. The Kier molecular flexibility index (Phi) is 5.26. The second-order valence-electron chi connectivity index (χ2n) is 6.92. The van der Waals surface area contributed by atoms with Crippen LogP contribution in [0.15, 0.2) is 24.3 Å². The summed E-state index contributed by atoms with van der Waals surface area (Å²) in [6.45, 7) is 11.6. The van der Waals surface area contributed by atoms with Crippen molar-refractivity contribution in [2.45, 2.75) is 71.9 Å². The number of nitrogens with one attached hydrogen (secondary N) is 1. The number of benzene rings is 1. The van der Waals surface area contributed by atoms with Crippen molar-refractivity contribution < 1.29 is 0 Å². The molecule has 1 nitrogen and oxygen atoms in total. The summed E-state index contributed by atoms with van der Waals surface area (Å²) in [4.78, 5) is 0. The first-order valence-electron chi connectivity index (χ1n) is 8.38. The van der Waals surface area contributed by atoms with Gasteiger partial charge < -0.3 is 5.32 Å². The third-order valence-electron chi connectivity index (χ3n) is 5.32. The molecule has 1 fully saturated rings. The summed E-state index contributed by atoms with van der Waals surface area (Å²) >= 11 is 0. The molecule has 1 saturated carbocycles. The van der Waals surface area contributed by atoms with E-state index >= 15 is 0 Å². The first-order valence-corrected chi connectivity index (χ1v) is 8.38. The molecular weight excluding hydrogens is 242 g/mol. The van der Waals surface area contributed by atoms with Gasteiger partial charge in [-0.2, -0.15) is 0 Å². The summed E-state index contributed by atoms with van der Waals surface area (Å²) in [6, 6.07) is 10.3. The normalized spacial score (nSPS) is 28.0. The van der Waals surface area contributed by atoms with Gasteiger partial charge in [0.15, 0.2) is 0 Å². The maximum atomic E-state index is 3.86. The van der Waals surface area contributed by atoms with Gasteiger partial charge >= 0.3 is 0 Å². The summed E-state index contributed by atoms with van der Waals surface area (Å²) in [5.41, 5.74) is 2.85. The van der Waals surface area contributed by atoms with Crippen LogP contribution in [0, 0.1) is 11.8 Å². The number of rotatable bonds is 5. The van der Waals surface area contributed by atoms with Gasteiger partial charge in [-0.1, -0.05) is 58.4 Å². The molecule has 0 aliphatic heterocycles. The zero-order valence-electron chi connectivity index (χ0n) is 13.8. The fourth-order valence-corrected chi connectivity index (χ4v) is 3.65. The van der Waals surface area contributed by atoms with Gasteiger partial charge in [-0.15, -0.1) is 0 Å². The molecule has 1 aliphatic rings. The summed E-state index contributed by atoms with van der Waals surface area (Å²) in [5, 5.41) is 3.86. The van der Waals surface area contributed by atoms with Gasteiger partial charge in [0.05, 0.1) is 0 Å². The third kappa shape index (κ3) is 3.44. The highest BCUT2D eigenvalue weighted by atomic mass is 15.0. The maximum absolute atomic E-state index is 3.86. The highest BCUT2D eigenvalue weighted by molar-refractivity contribution is 5.26. The fourth-order valence-electron chi connectivity index (χ4n) is 3.65. The van der Waals surface area contributed by atoms with E-state index in [-0.39, 0.29) is 0 Å². The van der Waals surface area contributed by atoms with Gasteiger partial charge in [-0.3, -0.25) is 0 Å². The van der Waals surface area contributed by atoms with E-state index in [1.807, 2.05) is 0 Å². The molecule has 2 rings (SSSR count). The van der Waals surface area contributed by atoms with Crippen molar-refractivity contribution in [1.29, 1.82) is 0 Å². The van der Waals surface area contributed by atoms with Crippen LogP contribution in [0.25, 0.3) is 0 Å². The zero-order valence-corrected chi connectivity index (χ0v) is 13.8. The van der Waals surface area contributed by atoms with Crippen molar-refractivity contribution in [3.8, 4) is 0 Å². The van der Waals surface area contributed by atoms with Crippen LogP contribution in [0.5, 0.6) is 0 Å². The molecule has 1 aromatic rings. The average Bonchev–Trinajstić information content (AvgIpc) is 2.79. The minimum Gasteiger partial charge on any atom is -0.307 e. The van der Waals surface area contributed by atoms with Crippen LogP contribution in [0.1, 0.15) is 77.0 Å². The molecule has 1 N–H and O–H groups in total. The molecule has 1 aromatic carbocycles. The lowest BCUT2D eigenvalue weighted by molar-refractivity contribution is 0.327. The summed E-state index contributed by atoms with van der Waals surface area (Å²) < 4.78 is 0. The smallest absolute Gasteiger partial charge is 0.0294 e. The topological polar surface area (TPSA) is 12.0 Å². The van der Waals surface area contributed by atoms with E-state index < -0.39 is 0 Å². The van der Waals surface area contributed by atoms with Gasteiger partial charge in [-0.05, 0) is 48.6 Å². The van der Waals surface area contributed by atoms with Crippen LogP contribution in [-0.4, -0.2) is 6.04 Å². The Bertz CT molecular complexity index is 406. The third-order valence-corrected chi connectivity index (χ3v) is 5.32. The van der Waals surface area contributed by atoms with Crippen LogP contribution in [0.3, 0.4) is 0 Å². The molecule has 1 heteroatoms. The Morgan fingerprint density at radius 1 is 1.05 bits per heavy atom. The van der Waals surface area contributed by atoms with Crippen molar-refractivity contribution in [3.05, 3.63) is 35.4 Å². The van der Waals surface area contributed by atoms with Gasteiger partial charge in [0.2, 0.25) is 0 Å². The molecule has 4 unspecified atom stereocenters. The van der Waals surface area contributed by atoms with E-state index in [1.165, 1.54) is 30.4 Å². The molecule has 0 heterocycles. The second kappa shape index (κ2) is 6.76. The van der Waals surface area contributed by atoms with E-state index in [4.69, 9.17) is 0 Å². The standard InChI is InChI=1S/C19H31N/c1-6-16-11-12-19(14(16)4)20-15(5)18-9-7-17(8-10-18)13(2)3/h7-10,13-16,19-20H,6,11-12H2,1-5H3. The molecule has 112 valence electrons. The summed E-state index contributed by atoms with van der Waals surface area (Å²) in [6.07, 6.45) is 4.07. The molecule has 0 aromatic heterocycles. The number of hydrogen-bond acceptors (Lipinski definition) is 1. The van der Waals surface area contributed by atoms with Crippen LogP contribution in [-0.2, 0) is 0 Å². The zero-order chi connectivity index (χ0) is 14.7. The average molecular weight is 273 g/mol. The maximum Gasteiger partial charge on any atom is 0.0294 e. The first kappa shape index (κ1) is 15.6. The molecule has 0 spiro atoms. The fraction of sp³-hybridized carbons (Fsp3) is 0.684. The lowest BCUT2D eigenvalue weighted by atomic mass is 9.93. The lowest BCUT2D eigenvalue weighted by Gasteiger charge is -2.25. The van der Waals surface area contributed by atoms with Crippen molar-refractivity contribution in [2.75, 3.05) is 0 Å². The monoisotopic (exact) mass is 273 g/mol. The molecule has 0 amide bonds. The second-order valence-corrected chi connectivity index (χ2v) is 6.92. The highest BCUT2D eigenvalue weighted by Crippen LogP contribution is 2.35. The van der Waals surface area contributed by atoms with Crippen LogP contribution in [0.4, 0.5) is 0 Å². The van der Waals surface area contributed by atoms with Gasteiger partial charge in [0, 0.05) is 12.1 Å². The van der Waals surface area contributed by atoms with Gasteiger partial charge in [-0.25, -0.2) is 0 Å². The number of hydrogen-bond donors (Lipinski definition) is 1. The molecule has 4 atom stereocenters. The molecule has 0 radical (unpaired) electrons. The van der Waals surface area contributed by atoms with E-state index in [0.29, 0.717) is 18.0 Å². The van der Waals surface area contributed by atoms with E-state index in [0.717, 1.165) is 11.8 Å². The molecular formula is C19H31N. The molecule has 0 bridgehead atoms. The Balaban J connectivity index is 1.96. The predicted molar refractivity (Wildman–Crippen MR) is 88.0 cm³/mol. The Hall–Kier alpha value is -0.820. The van der Waals surface area contributed by atoms with E-state index in [2.05, 4.69) is 64.2 Å².